The second-order valence-electron chi connectivity index (χ2n) is 13.3. The Labute approximate surface area is 223 Å². The van der Waals surface area contributed by atoms with Crippen molar-refractivity contribution >= 4 is 12.3 Å². The molecule has 2 aliphatic heterocycles. The van der Waals surface area contributed by atoms with Crippen molar-refractivity contribution in [2.45, 2.75) is 120 Å². The molecule has 0 radical (unpaired) electrons. The van der Waals surface area contributed by atoms with Gasteiger partial charge in [-0.05, 0) is 81.6 Å². The van der Waals surface area contributed by atoms with E-state index in [9.17, 15) is 30.0 Å². The second kappa shape index (κ2) is 9.08. The van der Waals surface area contributed by atoms with Crippen molar-refractivity contribution in [3.8, 4) is 0 Å². The van der Waals surface area contributed by atoms with Crippen molar-refractivity contribution < 1.29 is 44.2 Å². The summed E-state index contributed by atoms with van der Waals surface area (Å²) in [7, 11) is 0. The van der Waals surface area contributed by atoms with Crippen LogP contribution in [0.3, 0.4) is 0 Å². The van der Waals surface area contributed by atoms with Gasteiger partial charge in [0.2, 0.25) is 0 Å². The van der Waals surface area contributed by atoms with Crippen LogP contribution in [0.5, 0.6) is 0 Å². The number of aliphatic hydroxyl groups excluding tert-OH is 2. The fourth-order valence-corrected chi connectivity index (χ4v) is 9.76. The van der Waals surface area contributed by atoms with E-state index in [4.69, 9.17) is 14.2 Å². The zero-order chi connectivity index (χ0) is 27.1. The van der Waals surface area contributed by atoms with Gasteiger partial charge in [0.05, 0.1) is 34.9 Å². The molecule has 0 aromatic rings. The first-order chi connectivity index (χ1) is 18.0. The highest BCUT2D eigenvalue weighted by molar-refractivity contribution is 5.85. The third-order valence-electron chi connectivity index (χ3n) is 11.9. The maximum absolute atomic E-state index is 12.9. The number of cyclic esters (lactones) is 1. The Morgan fingerprint density at radius 3 is 2.50 bits per heavy atom. The molecule has 1 saturated heterocycles. The van der Waals surface area contributed by atoms with E-state index in [0.717, 1.165) is 31.1 Å². The molecule has 0 aromatic carbocycles. The summed E-state index contributed by atoms with van der Waals surface area (Å²) in [6.45, 7) is 4.13. The van der Waals surface area contributed by atoms with Gasteiger partial charge in [-0.3, -0.25) is 0 Å². The molecule has 9 heteroatoms. The van der Waals surface area contributed by atoms with Gasteiger partial charge in [-0.15, -0.1) is 0 Å². The van der Waals surface area contributed by atoms with E-state index in [2.05, 4.69) is 6.92 Å². The monoisotopic (exact) mass is 534 g/mol. The lowest BCUT2D eigenvalue weighted by Gasteiger charge is -2.65. The Balaban J connectivity index is 1.22. The molecular formula is C29H42O9. The molecule has 6 aliphatic rings. The van der Waals surface area contributed by atoms with Crippen LogP contribution in [0.1, 0.15) is 78.1 Å². The number of carbonyl (C=O) groups excluding carboxylic acids is 2. The molecular weight excluding hydrogens is 492 g/mol. The summed E-state index contributed by atoms with van der Waals surface area (Å²) in [5.41, 5.74) is -2.60. The van der Waals surface area contributed by atoms with Crippen molar-refractivity contribution in [3.63, 3.8) is 0 Å². The fourth-order valence-electron chi connectivity index (χ4n) is 9.76. The van der Waals surface area contributed by atoms with Gasteiger partial charge >= 0.3 is 5.97 Å². The number of hydrogen-bond donors (Lipinski definition) is 4. The minimum Gasteiger partial charge on any atom is -0.458 e. The lowest BCUT2D eigenvalue weighted by atomic mass is 9.41. The lowest BCUT2D eigenvalue weighted by Crippen LogP contribution is -2.69. The fraction of sp³-hybridized carbons (Fsp3) is 0.862. The quantitative estimate of drug-likeness (QED) is 0.241. The Morgan fingerprint density at radius 2 is 1.82 bits per heavy atom. The summed E-state index contributed by atoms with van der Waals surface area (Å²) < 4.78 is 17.1. The van der Waals surface area contributed by atoms with Crippen LogP contribution in [0, 0.1) is 28.6 Å². The zero-order valence-electron chi connectivity index (χ0n) is 22.4. The topological polar surface area (TPSA) is 143 Å². The van der Waals surface area contributed by atoms with E-state index in [0.29, 0.717) is 45.1 Å². The van der Waals surface area contributed by atoms with Gasteiger partial charge in [0.1, 0.15) is 19.0 Å². The predicted octanol–water partition coefficient (Wildman–Crippen LogP) is 1.78. The average Bonchev–Trinajstić information content (AvgIpc) is 3.41. The molecule has 0 spiro atoms. The molecule has 0 bridgehead atoms. The number of fused-ring (bicyclic) bond motifs is 5. The predicted molar refractivity (Wildman–Crippen MR) is 133 cm³/mol. The molecule has 0 unspecified atom stereocenters. The smallest absolute Gasteiger partial charge is 0.331 e. The molecule has 5 fully saturated rings. The molecule has 6 rings (SSSR count). The summed E-state index contributed by atoms with van der Waals surface area (Å²) in [4.78, 5) is 24.7. The van der Waals surface area contributed by atoms with Crippen LogP contribution >= 0.6 is 0 Å². The molecule has 9 nitrogen and oxygen atoms in total. The first kappa shape index (κ1) is 26.8. The molecule has 4 aliphatic carbocycles. The van der Waals surface area contributed by atoms with Gasteiger partial charge < -0.3 is 39.4 Å². The minimum absolute atomic E-state index is 0.0729. The van der Waals surface area contributed by atoms with Crippen molar-refractivity contribution in [1.29, 1.82) is 0 Å². The van der Waals surface area contributed by atoms with Crippen LogP contribution in [0.15, 0.2) is 11.6 Å². The Bertz CT molecular complexity index is 1000. The van der Waals surface area contributed by atoms with Crippen molar-refractivity contribution in [2.24, 2.45) is 28.6 Å². The van der Waals surface area contributed by atoms with Gasteiger partial charge in [0, 0.05) is 24.3 Å². The van der Waals surface area contributed by atoms with Crippen molar-refractivity contribution in [1.82, 2.24) is 0 Å². The van der Waals surface area contributed by atoms with Crippen LogP contribution in [0.4, 0.5) is 0 Å². The Hall–Kier alpha value is -1.36. The summed E-state index contributed by atoms with van der Waals surface area (Å²) in [6, 6.07) is 0. The highest BCUT2D eigenvalue weighted by Crippen LogP contribution is 2.70. The normalized spacial score (nSPS) is 54.4. The standard InChI is InChI=1S/C29H42O9/c1-16-25(33)22(31)12-24(37-16)38-18-3-8-27(15-30)20-4-7-26(2)19(17-11-23(32)36-14-17)6-10-29(26,35)21(20)5-9-28(27,34)13-18/h11,15-16,18-22,24-25,31,33-35H,3-10,12-14H2,1-2H3/t16-,18-,19-,20+,21+,22-,24+,25-,26+,27-,28-,29-/m0/s1. The minimum atomic E-state index is -1.24. The Morgan fingerprint density at radius 1 is 1.05 bits per heavy atom. The maximum Gasteiger partial charge on any atom is 0.331 e. The number of esters is 1. The van der Waals surface area contributed by atoms with Crippen LogP contribution in [0.2, 0.25) is 0 Å². The number of hydrogen-bond acceptors (Lipinski definition) is 9. The van der Waals surface area contributed by atoms with Crippen molar-refractivity contribution in [3.05, 3.63) is 11.6 Å². The average molecular weight is 535 g/mol. The molecule has 12 atom stereocenters. The van der Waals surface area contributed by atoms with Crippen LogP contribution in [-0.4, -0.2) is 81.2 Å². The SMILES string of the molecule is C[C@@H]1O[C@H](O[C@H]2CC[C@]3(C=O)[C@@H]4CC[C@]5(C)[C@H](C6=CC(=O)OC6)CC[C@]5(O)[C@@H]4CC[C@]3(O)C2)C[C@H](O)[C@H]1O. The lowest BCUT2D eigenvalue weighted by molar-refractivity contribution is -0.286. The zero-order valence-corrected chi connectivity index (χ0v) is 22.4. The first-order valence-electron chi connectivity index (χ1n) is 14.4. The number of carbonyl (C=O) groups is 2. The summed E-state index contributed by atoms with van der Waals surface area (Å²) in [6.07, 6.45) is 4.50. The number of aliphatic hydroxyl groups is 4. The van der Waals surface area contributed by atoms with Gasteiger partial charge in [-0.2, -0.15) is 0 Å². The van der Waals surface area contributed by atoms with E-state index in [-0.39, 0.29) is 36.2 Å². The summed E-state index contributed by atoms with van der Waals surface area (Å²) in [5.74, 6) is -0.473. The molecule has 0 aromatic heterocycles. The molecule has 2 heterocycles. The maximum atomic E-state index is 12.9. The van der Waals surface area contributed by atoms with E-state index in [1.807, 2.05) is 0 Å². The van der Waals surface area contributed by atoms with E-state index in [1.54, 1.807) is 13.0 Å². The van der Waals surface area contributed by atoms with Crippen LogP contribution < -0.4 is 0 Å². The largest absolute Gasteiger partial charge is 0.458 e. The molecule has 212 valence electrons. The number of aldehydes is 1. The molecule has 4 N–H and O–H groups in total. The van der Waals surface area contributed by atoms with Crippen molar-refractivity contribution in [2.75, 3.05) is 6.61 Å². The van der Waals surface area contributed by atoms with Crippen LogP contribution in [0.25, 0.3) is 0 Å². The third-order valence-corrected chi connectivity index (χ3v) is 11.9. The molecule has 0 amide bonds. The van der Waals surface area contributed by atoms with E-state index >= 15 is 0 Å². The van der Waals surface area contributed by atoms with Crippen LogP contribution in [-0.2, 0) is 23.8 Å². The summed E-state index contributed by atoms with van der Waals surface area (Å²) >= 11 is 0. The van der Waals surface area contributed by atoms with Gasteiger partial charge in [-0.1, -0.05) is 6.92 Å². The van der Waals surface area contributed by atoms with Gasteiger partial charge in [-0.25, -0.2) is 4.79 Å². The third kappa shape index (κ3) is 3.65. The number of rotatable bonds is 4. The summed E-state index contributed by atoms with van der Waals surface area (Å²) in [5, 5.41) is 44.6. The van der Waals surface area contributed by atoms with Gasteiger partial charge in [0.15, 0.2) is 6.29 Å². The van der Waals surface area contributed by atoms with E-state index < -0.39 is 46.6 Å². The molecule has 38 heavy (non-hydrogen) atoms. The van der Waals surface area contributed by atoms with E-state index in [1.165, 1.54) is 0 Å². The highest BCUT2D eigenvalue weighted by atomic mass is 16.7. The highest BCUT2D eigenvalue weighted by Gasteiger charge is 2.71. The Kier molecular flexibility index (Phi) is 6.41. The first-order valence-corrected chi connectivity index (χ1v) is 14.4. The molecule has 4 saturated carbocycles. The van der Waals surface area contributed by atoms with Gasteiger partial charge in [0.25, 0.3) is 0 Å². The number of ether oxygens (including phenoxy) is 3. The second-order valence-corrected chi connectivity index (χ2v) is 13.3.